The smallest absolute Gasteiger partial charge is 0.328 e. The monoisotopic (exact) mass is 529 g/mol. The molecule has 0 amide bonds. The summed E-state index contributed by atoms with van der Waals surface area (Å²) in [5.41, 5.74) is 2.58. The van der Waals surface area contributed by atoms with Crippen molar-refractivity contribution < 1.29 is 19.8 Å². The summed E-state index contributed by atoms with van der Waals surface area (Å²) in [5, 5.41) is 16.4. The van der Waals surface area contributed by atoms with Gasteiger partial charge in [0.2, 0.25) is 0 Å². The molecule has 5 rings (SSSR count). The third kappa shape index (κ3) is 7.03. The van der Waals surface area contributed by atoms with Crippen LogP contribution in [0.15, 0.2) is 64.4 Å². The fourth-order valence-corrected chi connectivity index (χ4v) is 6.30. The zero-order chi connectivity index (χ0) is 25.5. The van der Waals surface area contributed by atoms with Gasteiger partial charge >= 0.3 is 11.9 Å². The molecule has 3 heterocycles. The Morgan fingerprint density at radius 2 is 1.69 bits per heavy atom. The molecule has 0 radical (unpaired) electrons. The van der Waals surface area contributed by atoms with Gasteiger partial charge in [0.05, 0.1) is 11.4 Å². The number of piperazine rings is 1. The van der Waals surface area contributed by atoms with Gasteiger partial charge in [-0.2, -0.15) is 0 Å². The largest absolute Gasteiger partial charge is 0.478 e. The highest BCUT2D eigenvalue weighted by Gasteiger charge is 2.29. The normalized spacial score (nSPS) is 19.6. The van der Waals surface area contributed by atoms with Crippen molar-refractivity contribution in [3.8, 4) is 0 Å². The maximum Gasteiger partial charge on any atom is 0.328 e. The lowest BCUT2D eigenvalue weighted by Gasteiger charge is -2.44. The van der Waals surface area contributed by atoms with Crippen LogP contribution in [0.4, 0.5) is 11.4 Å². The van der Waals surface area contributed by atoms with E-state index in [0.717, 1.165) is 17.6 Å². The van der Waals surface area contributed by atoms with Gasteiger partial charge in [0, 0.05) is 59.2 Å². The van der Waals surface area contributed by atoms with Crippen molar-refractivity contribution in [2.45, 2.75) is 41.5 Å². The van der Waals surface area contributed by atoms with Crippen LogP contribution in [0.2, 0.25) is 5.02 Å². The zero-order valence-corrected chi connectivity index (χ0v) is 21.8. The molecule has 9 heteroatoms. The molecule has 3 aliphatic heterocycles. The Bertz CT molecular complexity index is 1100. The van der Waals surface area contributed by atoms with E-state index in [9.17, 15) is 9.59 Å². The highest BCUT2D eigenvalue weighted by atomic mass is 35.5. The van der Waals surface area contributed by atoms with Gasteiger partial charge < -0.3 is 20.0 Å². The highest BCUT2D eigenvalue weighted by Crippen LogP contribution is 2.48. The van der Waals surface area contributed by atoms with Crippen molar-refractivity contribution in [3.63, 3.8) is 0 Å². The SMILES string of the molecule is Clc1ccc2c(c1)N(CCCN1CCN3CCCCC3C1)c1ccccc1S2.O=C(O)/C=C\C(=O)O. The van der Waals surface area contributed by atoms with E-state index in [-0.39, 0.29) is 0 Å². The van der Waals surface area contributed by atoms with Crippen LogP contribution >= 0.6 is 23.4 Å². The summed E-state index contributed by atoms with van der Waals surface area (Å²) >= 11 is 8.19. The lowest BCUT2D eigenvalue weighted by molar-refractivity contribution is -0.134. The topological polar surface area (TPSA) is 84.3 Å². The first kappa shape index (κ1) is 26.5. The first-order valence-electron chi connectivity index (χ1n) is 12.3. The third-order valence-electron chi connectivity index (χ3n) is 6.73. The second-order valence-corrected chi connectivity index (χ2v) is 10.7. The summed E-state index contributed by atoms with van der Waals surface area (Å²) in [6, 6.07) is 15.8. The second kappa shape index (κ2) is 12.6. The fourth-order valence-electron chi connectivity index (χ4n) is 5.06. The van der Waals surface area contributed by atoms with Crippen LogP contribution in [0.3, 0.4) is 0 Å². The predicted octanol–water partition coefficient (Wildman–Crippen LogP) is 5.21. The molecule has 1 unspecified atom stereocenters. The Morgan fingerprint density at radius 1 is 0.944 bits per heavy atom. The number of hydrogen-bond acceptors (Lipinski definition) is 6. The number of nitrogens with zero attached hydrogens (tertiary/aromatic N) is 3. The van der Waals surface area contributed by atoms with E-state index >= 15 is 0 Å². The molecule has 0 bridgehead atoms. The van der Waals surface area contributed by atoms with Crippen LogP contribution in [0.25, 0.3) is 0 Å². The van der Waals surface area contributed by atoms with Crippen molar-refractivity contribution in [3.05, 3.63) is 59.6 Å². The van der Waals surface area contributed by atoms with E-state index in [1.54, 1.807) is 0 Å². The summed E-state index contributed by atoms with van der Waals surface area (Å²) in [7, 11) is 0. The zero-order valence-electron chi connectivity index (χ0n) is 20.2. The number of carbonyl (C=O) groups is 2. The van der Waals surface area contributed by atoms with E-state index in [2.05, 4.69) is 51.1 Å². The Balaban J connectivity index is 0.000000331. The van der Waals surface area contributed by atoms with Gasteiger partial charge in [-0.15, -0.1) is 0 Å². The van der Waals surface area contributed by atoms with Gasteiger partial charge in [0.1, 0.15) is 0 Å². The van der Waals surface area contributed by atoms with Crippen molar-refractivity contribution >= 4 is 46.7 Å². The summed E-state index contributed by atoms with van der Waals surface area (Å²) in [5.74, 6) is -2.51. The molecule has 2 N–H and O–H groups in total. The van der Waals surface area contributed by atoms with E-state index in [4.69, 9.17) is 21.8 Å². The molecule has 192 valence electrons. The number of para-hydroxylation sites is 1. The summed E-state index contributed by atoms with van der Waals surface area (Å²) < 4.78 is 0. The number of aliphatic carboxylic acids is 2. The first-order valence-corrected chi connectivity index (χ1v) is 13.5. The van der Waals surface area contributed by atoms with E-state index < -0.39 is 11.9 Å². The molecule has 0 saturated carbocycles. The van der Waals surface area contributed by atoms with Gasteiger partial charge in [-0.1, -0.05) is 41.9 Å². The molecule has 36 heavy (non-hydrogen) atoms. The molecular weight excluding hydrogens is 498 g/mol. The molecule has 7 nitrogen and oxygen atoms in total. The molecule has 0 spiro atoms. The standard InChI is InChI=1S/C23H28ClN3S.C4H4O4/c24-18-9-10-23-21(16-18)27(20-7-1-2-8-22(20)28-23)13-5-11-25-14-15-26-12-4-3-6-19(26)17-25;5-3(6)1-2-4(7)8/h1-2,7-10,16,19H,3-6,11-15,17H2;1-2H,(H,5,6)(H,7,8)/b;2-1-. The summed E-state index contributed by atoms with van der Waals surface area (Å²) in [6.07, 6.45) is 6.49. The van der Waals surface area contributed by atoms with Crippen LogP contribution in [0.1, 0.15) is 25.7 Å². The molecule has 0 aromatic heterocycles. The molecule has 0 aliphatic carbocycles. The lowest BCUT2D eigenvalue weighted by atomic mass is 9.99. The summed E-state index contributed by atoms with van der Waals surface area (Å²) in [4.78, 5) is 29.6. The number of hydrogen-bond donors (Lipinski definition) is 2. The quantitative estimate of drug-likeness (QED) is 0.493. The van der Waals surface area contributed by atoms with Gasteiger partial charge in [-0.3, -0.25) is 4.90 Å². The average Bonchev–Trinajstić information content (AvgIpc) is 2.87. The van der Waals surface area contributed by atoms with E-state index in [1.165, 1.54) is 79.6 Å². The number of rotatable bonds is 6. The Morgan fingerprint density at radius 3 is 2.47 bits per heavy atom. The minimum atomic E-state index is -1.26. The number of fused-ring (bicyclic) bond motifs is 3. The van der Waals surface area contributed by atoms with Crippen LogP contribution in [0.5, 0.6) is 0 Å². The maximum absolute atomic E-state index is 9.55. The van der Waals surface area contributed by atoms with Crippen LogP contribution < -0.4 is 4.90 Å². The maximum atomic E-state index is 9.55. The second-order valence-electron chi connectivity index (χ2n) is 9.18. The number of benzene rings is 2. The molecular formula is C27H32ClN3O4S. The van der Waals surface area contributed by atoms with E-state index in [1.807, 2.05) is 17.8 Å². The molecule has 2 aromatic carbocycles. The number of halogens is 1. The number of carboxylic acid groups (broad SMARTS) is 2. The fraction of sp³-hybridized carbons (Fsp3) is 0.407. The highest BCUT2D eigenvalue weighted by molar-refractivity contribution is 7.99. The van der Waals surface area contributed by atoms with Gasteiger partial charge in [0.25, 0.3) is 0 Å². The summed E-state index contributed by atoms with van der Waals surface area (Å²) in [6.45, 7) is 7.28. The molecule has 3 aliphatic rings. The van der Waals surface area contributed by atoms with Gasteiger partial charge in [-0.05, 0) is 62.7 Å². The third-order valence-corrected chi connectivity index (χ3v) is 8.10. The molecule has 1 atom stereocenters. The Kier molecular flexibility index (Phi) is 9.31. The minimum Gasteiger partial charge on any atom is -0.478 e. The van der Waals surface area contributed by atoms with Crippen molar-refractivity contribution in [2.24, 2.45) is 0 Å². The lowest BCUT2D eigenvalue weighted by Crippen LogP contribution is -2.54. The number of piperidine rings is 1. The average molecular weight is 530 g/mol. The minimum absolute atomic E-state index is 0.558. The predicted molar refractivity (Wildman–Crippen MR) is 144 cm³/mol. The Labute approximate surface area is 221 Å². The molecule has 2 aromatic rings. The first-order chi connectivity index (χ1) is 17.4. The van der Waals surface area contributed by atoms with Crippen molar-refractivity contribution in [1.82, 2.24) is 9.80 Å². The van der Waals surface area contributed by atoms with E-state index in [0.29, 0.717) is 12.2 Å². The molecule has 2 fully saturated rings. The number of carboxylic acids is 2. The van der Waals surface area contributed by atoms with Crippen LogP contribution in [-0.2, 0) is 9.59 Å². The van der Waals surface area contributed by atoms with Crippen molar-refractivity contribution in [1.29, 1.82) is 0 Å². The van der Waals surface area contributed by atoms with Gasteiger partial charge in [0.15, 0.2) is 0 Å². The van der Waals surface area contributed by atoms with Crippen molar-refractivity contribution in [2.75, 3.05) is 44.2 Å². The van der Waals surface area contributed by atoms with Crippen LogP contribution in [-0.4, -0.2) is 77.3 Å². The Hall–Kier alpha value is -2.52. The van der Waals surface area contributed by atoms with Gasteiger partial charge in [-0.25, -0.2) is 9.59 Å². The number of anilines is 2. The molecule has 2 saturated heterocycles. The van der Waals surface area contributed by atoms with Crippen LogP contribution in [0, 0.1) is 0 Å².